The minimum atomic E-state index is -0.0102. The molecule has 19 heavy (non-hydrogen) atoms. The zero-order chi connectivity index (χ0) is 13.5. The highest BCUT2D eigenvalue weighted by Crippen LogP contribution is 2.19. The number of rotatable bonds is 6. The van der Waals surface area contributed by atoms with Crippen molar-refractivity contribution >= 4 is 17.2 Å². The minimum Gasteiger partial charge on any atom is -0.356 e. The number of hydrogen-bond acceptors (Lipinski definition) is 5. The molecular formula is C13H16N4OS. The van der Waals surface area contributed by atoms with Gasteiger partial charge in [0.2, 0.25) is 5.91 Å². The van der Waals surface area contributed by atoms with E-state index < -0.39 is 0 Å². The van der Waals surface area contributed by atoms with Crippen LogP contribution in [0.25, 0.3) is 11.4 Å². The molecule has 0 atom stereocenters. The molecule has 0 aliphatic rings. The van der Waals surface area contributed by atoms with Crippen LogP contribution in [0.15, 0.2) is 29.8 Å². The van der Waals surface area contributed by atoms with Crippen LogP contribution in [0.3, 0.4) is 0 Å². The number of nitrogens with zero attached hydrogens (tertiary/aromatic N) is 2. The maximum Gasteiger partial charge on any atom is 0.221 e. The molecule has 0 radical (unpaired) electrons. The largest absolute Gasteiger partial charge is 0.356 e. The zero-order valence-electron chi connectivity index (χ0n) is 10.5. The lowest BCUT2D eigenvalue weighted by atomic mass is 10.3. The van der Waals surface area contributed by atoms with Gasteiger partial charge >= 0.3 is 0 Å². The molecular weight excluding hydrogens is 260 g/mol. The van der Waals surface area contributed by atoms with Crippen molar-refractivity contribution in [1.29, 1.82) is 0 Å². The number of carbonyl (C=O) groups is 1. The Kier molecular flexibility index (Phi) is 5.00. The van der Waals surface area contributed by atoms with Gasteiger partial charge in [-0.05, 0) is 12.1 Å². The molecule has 6 heteroatoms. The third-order valence-corrected chi connectivity index (χ3v) is 3.42. The highest BCUT2D eigenvalue weighted by molar-refractivity contribution is 7.09. The van der Waals surface area contributed by atoms with Crippen LogP contribution in [0, 0.1) is 0 Å². The predicted octanol–water partition coefficient (Wildman–Crippen LogP) is 1.21. The first kappa shape index (κ1) is 13.6. The van der Waals surface area contributed by atoms with Gasteiger partial charge in [0.1, 0.15) is 0 Å². The molecule has 2 rings (SSSR count). The standard InChI is InChI=1S/C13H16N4OS/c14-6-4-12(18)16-8-5-13-17-11(9-19-13)10-3-1-2-7-15-10/h1-3,7,9H,4-6,8,14H2,(H,16,18). The van der Waals surface area contributed by atoms with Crippen LogP contribution in [-0.2, 0) is 11.2 Å². The van der Waals surface area contributed by atoms with Gasteiger partial charge in [-0.1, -0.05) is 6.07 Å². The summed E-state index contributed by atoms with van der Waals surface area (Å²) in [6.45, 7) is 0.973. The van der Waals surface area contributed by atoms with Gasteiger partial charge in [0, 0.05) is 37.5 Å². The summed E-state index contributed by atoms with van der Waals surface area (Å²) >= 11 is 1.58. The second-order valence-corrected chi connectivity index (χ2v) is 4.92. The molecule has 0 aromatic carbocycles. The lowest BCUT2D eigenvalue weighted by Crippen LogP contribution is -2.27. The molecule has 2 heterocycles. The fourth-order valence-corrected chi connectivity index (χ4v) is 2.38. The SMILES string of the molecule is NCCC(=O)NCCc1nc(-c2ccccn2)cs1. The molecule has 0 unspecified atom stereocenters. The van der Waals surface area contributed by atoms with Gasteiger partial charge < -0.3 is 11.1 Å². The van der Waals surface area contributed by atoms with Crippen molar-refractivity contribution in [3.63, 3.8) is 0 Å². The van der Waals surface area contributed by atoms with Crippen LogP contribution < -0.4 is 11.1 Å². The Bertz CT molecular complexity index is 526. The van der Waals surface area contributed by atoms with Crippen LogP contribution in [0.4, 0.5) is 0 Å². The Morgan fingerprint density at radius 3 is 3.00 bits per heavy atom. The first-order chi connectivity index (χ1) is 9.29. The third-order valence-electron chi connectivity index (χ3n) is 2.51. The van der Waals surface area contributed by atoms with Gasteiger partial charge in [-0.25, -0.2) is 4.98 Å². The van der Waals surface area contributed by atoms with Gasteiger partial charge in [0.25, 0.3) is 0 Å². The smallest absolute Gasteiger partial charge is 0.221 e. The summed E-state index contributed by atoms with van der Waals surface area (Å²) in [6, 6.07) is 5.75. The molecule has 0 aliphatic heterocycles. The van der Waals surface area contributed by atoms with E-state index in [2.05, 4.69) is 15.3 Å². The second-order valence-electron chi connectivity index (χ2n) is 3.98. The summed E-state index contributed by atoms with van der Waals surface area (Å²) in [7, 11) is 0. The molecule has 2 aromatic heterocycles. The molecule has 0 bridgehead atoms. The summed E-state index contributed by atoms with van der Waals surface area (Å²) in [5, 5.41) is 5.79. The minimum absolute atomic E-state index is 0.0102. The number of pyridine rings is 1. The predicted molar refractivity (Wildman–Crippen MR) is 75.7 cm³/mol. The van der Waals surface area contributed by atoms with Crippen LogP contribution in [0.2, 0.25) is 0 Å². The summed E-state index contributed by atoms with van der Waals surface area (Å²) in [4.78, 5) is 20.0. The van der Waals surface area contributed by atoms with Crippen molar-refractivity contribution in [3.05, 3.63) is 34.8 Å². The van der Waals surface area contributed by atoms with E-state index in [9.17, 15) is 4.79 Å². The quantitative estimate of drug-likeness (QED) is 0.831. The molecule has 2 aromatic rings. The Morgan fingerprint density at radius 2 is 2.26 bits per heavy atom. The van der Waals surface area contributed by atoms with E-state index >= 15 is 0 Å². The highest BCUT2D eigenvalue weighted by Gasteiger charge is 2.05. The fourth-order valence-electron chi connectivity index (χ4n) is 1.59. The van der Waals surface area contributed by atoms with E-state index in [0.29, 0.717) is 19.5 Å². The summed E-state index contributed by atoms with van der Waals surface area (Å²) in [5.74, 6) is -0.0102. The molecule has 0 aliphatic carbocycles. The van der Waals surface area contributed by atoms with Gasteiger partial charge in [0.15, 0.2) is 0 Å². The van der Waals surface area contributed by atoms with Crippen molar-refractivity contribution in [3.8, 4) is 11.4 Å². The number of hydrogen-bond donors (Lipinski definition) is 2. The number of thiazole rings is 1. The highest BCUT2D eigenvalue weighted by atomic mass is 32.1. The summed E-state index contributed by atoms with van der Waals surface area (Å²) in [5.41, 5.74) is 7.06. The van der Waals surface area contributed by atoms with Crippen molar-refractivity contribution in [2.24, 2.45) is 5.73 Å². The Balaban J connectivity index is 1.86. The molecule has 0 saturated carbocycles. The summed E-state index contributed by atoms with van der Waals surface area (Å²) < 4.78 is 0. The Morgan fingerprint density at radius 1 is 1.37 bits per heavy atom. The van der Waals surface area contributed by atoms with Crippen molar-refractivity contribution in [2.45, 2.75) is 12.8 Å². The van der Waals surface area contributed by atoms with Gasteiger partial charge in [-0.15, -0.1) is 11.3 Å². The van der Waals surface area contributed by atoms with Crippen LogP contribution in [-0.4, -0.2) is 29.0 Å². The molecule has 100 valence electrons. The van der Waals surface area contributed by atoms with Gasteiger partial charge in [0.05, 0.1) is 16.4 Å². The first-order valence-electron chi connectivity index (χ1n) is 6.12. The monoisotopic (exact) mass is 276 g/mol. The topological polar surface area (TPSA) is 80.9 Å². The van der Waals surface area contributed by atoms with E-state index in [1.165, 1.54) is 0 Å². The van der Waals surface area contributed by atoms with Crippen LogP contribution in [0.5, 0.6) is 0 Å². The number of amides is 1. The van der Waals surface area contributed by atoms with Crippen LogP contribution >= 0.6 is 11.3 Å². The molecule has 0 saturated heterocycles. The molecule has 3 N–H and O–H groups in total. The van der Waals surface area contributed by atoms with E-state index in [1.54, 1.807) is 17.5 Å². The number of aromatic nitrogens is 2. The van der Waals surface area contributed by atoms with Crippen molar-refractivity contribution < 1.29 is 4.79 Å². The number of carbonyl (C=O) groups excluding carboxylic acids is 1. The van der Waals surface area contributed by atoms with E-state index in [0.717, 1.165) is 22.8 Å². The molecule has 0 spiro atoms. The van der Waals surface area contributed by atoms with Gasteiger partial charge in [-0.2, -0.15) is 0 Å². The molecule has 5 nitrogen and oxygen atoms in total. The molecule has 1 amide bonds. The first-order valence-corrected chi connectivity index (χ1v) is 7.00. The zero-order valence-corrected chi connectivity index (χ0v) is 11.3. The van der Waals surface area contributed by atoms with Crippen molar-refractivity contribution in [2.75, 3.05) is 13.1 Å². The Hall–Kier alpha value is -1.79. The Labute approximate surface area is 115 Å². The van der Waals surface area contributed by atoms with Crippen LogP contribution in [0.1, 0.15) is 11.4 Å². The molecule has 0 fully saturated rings. The average molecular weight is 276 g/mol. The van der Waals surface area contributed by atoms with E-state index in [1.807, 2.05) is 23.6 Å². The third kappa shape index (κ3) is 4.11. The second kappa shape index (κ2) is 6.96. The number of nitrogens with one attached hydrogen (secondary N) is 1. The lowest BCUT2D eigenvalue weighted by molar-refractivity contribution is -0.120. The van der Waals surface area contributed by atoms with Crippen molar-refractivity contribution in [1.82, 2.24) is 15.3 Å². The average Bonchev–Trinajstić information content (AvgIpc) is 2.89. The normalized spacial score (nSPS) is 10.4. The number of nitrogens with two attached hydrogens (primary N) is 1. The van der Waals surface area contributed by atoms with Gasteiger partial charge in [-0.3, -0.25) is 9.78 Å². The van der Waals surface area contributed by atoms with E-state index in [-0.39, 0.29) is 5.91 Å². The fraction of sp³-hybridized carbons (Fsp3) is 0.308. The summed E-state index contributed by atoms with van der Waals surface area (Å²) in [6.07, 6.45) is 2.85. The maximum atomic E-state index is 11.2. The lowest BCUT2D eigenvalue weighted by Gasteiger charge is -2.01. The van der Waals surface area contributed by atoms with E-state index in [4.69, 9.17) is 5.73 Å². The maximum absolute atomic E-state index is 11.2.